The van der Waals surface area contributed by atoms with Gasteiger partial charge in [-0.25, -0.2) is 9.37 Å². The monoisotopic (exact) mass is 241 g/mol. The standard InChI is InChI=1S/C14H12FN3/c1-2-18(13-6-3-11(15)4-7-13)14-8-5-12(9-16)17-10-14/h3-8,10H,2H2,1H3. The van der Waals surface area contributed by atoms with Gasteiger partial charge >= 0.3 is 0 Å². The van der Waals surface area contributed by atoms with Crippen LogP contribution in [0.25, 0.3) is 0 Å². The van der Waals surface area contributed by atoms with Crippen LogP contribution < -0.4 is 4.90 Å². The summed E-state index contributed by atoms with van der Waals surface area (Å²) < 4.78 is 12.9. The van der Waals surface area contributed by atoms with Crippen molar-refractivity contribution in [1.29, 1.82) is 5.26 Å². The minimum Gasteiger partial charge on any atom is -0.341 e. The lowest BCUT2D eigenvalue weighted by molar-refractivity contribution is 0.628. The maximum absolute atomic E-state index is 12.9. The molecule has 0 fully saturated rings. The van der Waals surface area contributed by atoms with Crippen molar-refractivity contribution in [2.75, 3.05) is 11.4 Å². The Morgan fingerprint density at radius 3 is 2.33 bits per heavy atom. The maximum atomic E-state index is 12.9. The average Bonchev–Trinajstić information content (AvgIpc) is 2.42. The number of nitriles is 1. The van der Waals surface area contributed by atoms with Gasteiger partial charge in [0.1, 0.15) is 17.6 Å². The number of aromatic nitrogens is 1. The van der Waals surface area contributed by atoms with Crippen LogP contribution in [0.15, 0.2) is 42.6 Å². The molecule has 0 N–H and O–H groups in total. The van der Waals surface area contributed by atoms with E-state index in [9.17, 15) is 4.39 Å². The van der Waals surface area contributed by atoms with Gasteiger partial charge in [-0.3, -0.25) is 0 Å². The maximum Gasteiger partial charge on any atom is 0.140 e. The Labute approximate surface area is 105 Å². The Morgan fingerprint density at radius 1 is 1.17 bits per heavy atom. The molecule has 3 nitrogen and oxygen atoms in total. The van der Waals surface area contributed by atoms with Crippen LogP contribution >= 0.6 is 0 Å². The van der Waals surface area contributed by atoms with E-state index in [0.717, 1.165) is 17.9 Å². The first kappa shape index (κ1) is 12.1. The number of hydrogen-bond acceptors (Lipinski definition) is 3. The SMILES string of the molecule is CCN(c1ccc(F)cc1)c1ccc(C#N)nc1. The molecular formula is C14H12FN3. The fraction of sp³-hybridized carbons (Fsp3) is 0.143. The lowest BCUT2D eigenvalue weighted by Crippen LogP contribution is -2.16. The first-order chi connectivity index (χ1) is 8.74. The molecule has 18 heavy (non-hydrogen) atoms. The quantitative estimate of drug-likeness (QED) is 0.828. The van der Waals surface area contributed by atoms with Crippen molar-refractivity contribution in [3.8, 4) is 6.07 Å². The van der Waals surface area contributed by atoms with Crippen molar-refractivity contribution >= 4 is 11.4 Å². The Balaban J connectivity index is 2.33. The van der Waals surface area contributed by atoms with Crippen LogP contribution in [0.5, 0.6) is 0 Å². The van der Waals surface area contributed by atoms with Crippen LogP contribution in [0.2, 0.25) is 0 Å². The molecule has 0 saturated carbocycles. The van der Waals surface area contributed by atoms with Gasteiger partial charge in [-0.2, -0.15) is 5.26 Å². The highest BCUT2D eigenvalue weighted by Crippen LogP contribution is 2.24. The van der Waals surface area contributed by atoms with Crippen molar-refractivity contribution < 1.29 is 4.39 Å². The summed E-state index contributed by atoms with van der Waals surface area (Å²) in [5.74, 6) is -0.257. The molecule has 0 amide bonds. The van der Waals surface area contributed by atoms with Crippen LogP contribution in [0.1, 0.15) is 12.6 Å². The first-order valence-electron chi connectivity index (χ1n) is 5.64. The van der Waals surface area contributed by atoms with Gasteiger partial charge in [-0.05, 0) is 43.3 Å². The minimum absolute atomic E-state index is 0.257. The van der Waals surface area contributed by atoms with Gasteiger partial charge in [0, 0.05) is 12.2 Å². The molecule has 0 unspecified atom stereocenters. The van der Waals surface area contributed by atoms with Gasteiger partial charge < -0.3 is 4.90 Å². The molecule has 0 atom stereocenters. The summed E-state index contributed by atoms with van der Waals surface area (Å²) in [6.07, 6.45) is 1.64. The number of nitrogens with zero attached hydrogens (tertiary/aromatic N) is 3. The van der Waals surface area contributed by atoms with Crippen molar-refractivity contribution in [2.45, 2.75) is 6.92 Å². The second-order valence-corrected chi connectivity index (χ2v) is 3.73. The molecule has 2 aromatic rings. The van der Waals surface area contributed by atoms with E-state index < -0.39 is 0 Å². The summed E-state index contributed by atoms with van der Waals surface area (Å²) in [6.45, 7) is 2.74. The molecule has 1 aromatic heterocycles. The number of pyridine rings is 1. The van der Waals surface area contributed by atoms with Crippen molar-refractivity contribution in [1.82, 2.24) is 4.98 Å². The third-order valence-corrected chi connectivity index (χ3v) is 2.63. The fourth-order valence-electron chi connectivity index (χ4n) is 1.75. The van der Waals surface area contributed by atoms with E-state index in [4.69, 9.17) is 5.26 Å². The van der Waals surface area contributed by atoms with E-state index >= 15 is 0 Å². The van der Waals surface area contributed by atoms with E-state index in [1.165, 1.54) is 12.1 Å². The summed E-state index contributed by atoms with van der Waals surface area (Å²) in [5, 5.41) is 8.70. The molecule has 2 rings (SSSR count). The summed E-state index contributed by atoms with van der Waals surface area (Å²) >= 11 is 0. The zero-order valence-corrected chi connectivity index (χ0v) is 9.97. The molecule has 0 bridgehead atoms. The van der Waals surface area contributed by atoms with E-state index in [1.54, 1.807) is 24.4 Å². The minimum atomic E-state index is -0.257. The largest absolute Gasteiger partial charge is 0.341 e. The summed E-state index contributed by atoms with van der Waals surface area (Å²) in [7, 11) is 0. The van der Waals surface area contributed by atoms with Gasteiger partial charge in [0.2, 0.25) is 0 Å². The van der Waals surface area contributed by atoms with Gasteiger partial charge in [-0.1, -0.05) is 0 Å². The first-order valence-corrected chi connectivity index (χ1v) is 5.64. The topological polar surface area (TPSA) is 39.9 Å². The second kappa shape index (κ2) is 5.28. The average molecular weight is 241 g/mol. The predicted octanol–water partition coefficient (Wildman–Crippen LogP) is 3.25. The van der Waals surface area contributed by atoms with Crippen LogP contribution in [0, 0.1) is 17.1 Å². The molecular weight excluding hydrogens is 229 g/mol. The van der Waals surface area contributed by atoms with Crippen LogP contribution in [0.3, 0.4) is 0 Å². The molecule has 4 heteroatoms. The van der Waals surface area contributed by atoms with E-state index in [-0.39, 0.29) is 5.82 Å². The number of hydrogen-bond donors (Lipinski definition) is 0. The Bertz CT molecular complexity index is 555. The zero-order valence-electron chi connectivity index (χ0n) is 9.97. The molecule has 0 aliphatic rings. The highest BCUT2D eigenvalue weighted by atomic mass is 19.1. The van der Waals surface area contributed by atoms with Crippen LogP contribution in [-0.2, 0) is 0 Å². The van der Waals surface area contributed by atoms with E-state index in [1.807, 2.05) is 24.0 Å². The third-order valence-electron chi connectivity index (χ3n) is 2.63. The highest BCUT2D eigenvalue weighted by molar-refractivity contribution is 5.62. The van der Waals surface area contributed by atoms with Gasteiger partial charge in [0.25, 0.3) is 0 Å². The summed E-state index contributed by atoms with van der Waals surface area (Å²) in [5.41, 5.74) is 2.16. The molecule has 0 aliphatic carbocycles. The Morgan fingerprint density at radius 2 is 1.83 bits per heavy atom. The fourth-order valence-corrected chi connectivity index (χ4v) is 1.75. The normalized spacial score (nSPS) is 9.83. The predicted molar refractivity (Wildman–Crippen MR) is 68.0 cm³/mol. The number of rotatable bonds is 3. The van der Waals surface area contributed by atoms with Crippen molar-refractivity contribution in [3.05, 3.63) is 54.1 Å². The van der Waals surface area contributed by atoms with E-state index in [0.29, 0.717) is 5.69 Å². The molecule has 0 spiro atoms. The third kappa shape index (κ3) is 2.46. The number of anilines is 2. The number of halogens is 1. The highest BCUT2D eigenvalue weighted by Gasteiger charge is 2.07. The lowest BCUT2D eigenvalue weighted by atomic mass is 10.2. The van der Waals surface area contributed by atoms with E-state index in [2.05, 4.69) is 4.98 Å². The second-order valence-electron chi connectivity index (χ2n) is 3.73. The summed E-state index contributed by atoms with van der Waals surface area (Å²) in [4.78, 5) is 6.03. The van der Waals surface area contributed by atoms with Gasteiger partial charge in [0.15, 0.2) is 0 Å². The molecule has 0 saturated heterocycles. The van der Waals surface area contributed by atoms with Crippen molar-refractivity contribution in [2.24, 2.45) is 0 Å². The molecule has 0 radical (unpaired) electrons. The number of benzene rings is 1. The molecule has 1 heterocycles. The molecule has 0 aliphatic heterocycles. The van der Waals surface area contributed by atoms with Gasteiger partial charge in [-0.15, -0.1) is 0 Å². The summed E-state index contributed by atoms with van der Waals surface area (Å²) in [6, 6.07) is 11.8. The van der Waals surface area contributed by atoms with Gasteiger partial charge in [0.05, 0.1) is 11.9 Å². The Hall–Kier alpha value is -2.41. The molecule has 1 aromatic carbocycles. The van der Waals surface area contributed by atoms with Crippen LogP contribution in [0.4, 0.5) is 15.8 Å². The molecule has 90 valence electrons. The van der Waals surface area contributed by atoms with Crippen molar-refractivity contribution in [3.63, 3.8) is 0 Å². The Kier molecular flexibility index (Phi) is 3.54. The zero-order chi connectivity index (χ0) is 13.0. The smallest absolute Gasteiger partial charge is 0.140 e. The lowest BCUT2D eigenvalue weighted by Gasteiger charge is -2.22. The van der Waals surface area contributed by atoms with Crippen LogP contribution in [-0.4, -0.2) is 11.5 Å².